The van der Waals surface area contributed by atoms with Gasteiger partial charge in [0.2, 0.25) is 5.91 Å². The smallest absolute Gasteiger partial charge is 0.242 e. The van der Waals surface area contributed by atoms with Crippen LogP contribution in [-0.2, 0) is 16.1 Å². The lowest BCUT2D eigenvalue weighted by Gasteiger charge is -2.36. The first kappa shape index (κ1) is 16.1. The van der Waals surface area contributed by atoms with Crippen molar-refractivity contribution in [3.63, 3.8) is 0 Å². The number of carbonyl (C=O) groups excluding carboxylic acids is 1. The molecule has 5 nitrogen and oxygen atoms in total. The molecule has 2 N–H and O–H groups in total. The van der Waals surface area contributed by atoms with Crippen molar-refractivity contribution in [3.05, 3.63) is 28.8 Å². The van der Waals surface area contributed by atoms with Crippen LogP contribution >= 0.6 is 11.6 Å². The molecule has 6 heteroatoms. The molecule has 1 heterocycles. The highest BCUT2D eigenvalue weighted by Gasteiger charge is 2.27. The van der Waals surface area contributed by atoms with Crippen molar-refractivity contribution in [2.45, 2.75) is 19.5 Å². The fraction of sp³-hybridized carbons (Fsp3) is 0.533. The molecule has 1 aliphatic heterocycles. The zero-order valence-electron chi connectivity index (χ0n) is 12.5. The largest absolute Gasteiger partial charge is 0.383 e. The van der Waals surface area contributed by atoms with Crippen LogP contribution in [0.3, 0.4) is 0 Å². The Bertz CT molecular complexity index is 496. The number of ether oxygens (including phenoxy) is 1. The zero-order chi connectivity index (χ0) is 15.2. The summed E-state index contributed by atoms with van der Waals surface area (Å²) in [6.45, 7) is 5.54. The number of methoxy groups -OCH3 is 1. The molecule has 0 radical (unpaired) electrons. The highest BCUT2D eigenvalue weighted by atomic mass is 35.5. The molecule has 1 atom stereocenters. The molecular formula is C15H22ClN3O2. The second-order valence-electron chi connectivity index (χ2n) is 5.10. The minimum atomic E-state index is -0.185. The number of hydrogen-bond acceptors (Lipinski definition) is 4. The van der Waals surface area contributed by atoms with E-state index in [4.69, 9.17) is 16.3 Å². The number of amides is 1. The van der Waals surface area contributed by atoms with Gasteiger partial charge in [-0.2, -0.15) is 0 Å². The molecule has 1 unspecified atom stereocenters. The van der Waals surface area contributed by atoms with E-state index in [9.17, 15) is 4.79 Å². The Morgan fingerprint density at radius 1 is 1.52 bits per heavy atom. The van der Waals surface area contributed by atoms with Crippen LogP contribution in [0.25, 0.3) is 0 Å². The predicted molar refractivity (Wildman–Crippen MR) is 84.9 cm³/mol. The SMILES string of the molecule is COCCNCc1ccc(Cl)cc1N1CCNC(=O)C1C. The summed E-state index contributed by atoms with van der Waals surface area (Å²) in [5.74, 6) is 0.0551. The lowest BCUT2D eigenvalue weighted by molar-refractivity contribution is -0.122. The van der Waals surface area contributed by atoms with Crippen LogP contribution in [0.15, 0.2) is 18.2 Å². The normalized spacial score (nSPS) is 18.7. The van der Waals surface area contributed by atoms with Gasteiger partial charge in [-0.3, -0.25) is 4.79 Å². The molecule has 0 aromatic heterocycles. The summed E-state index contributed by atoms with van der Waals surface area (Å²) in [7, 11) is 1.68. The van der Waals surface area contributed by atoms with Gasteiger partial charge < -0.3 is 20.3 Å². The van der Waals surface area contributed by atoms with Crippen molar-refractivity contribution < 1.29 is 9.53 Å². The summed E-state index contributed by atoms with van der Waals surface area (Å²) in [4.78, 5) is 14.0. The van der Waals surface area contributed by atoms with Crippen molar-refractivity contribution in [3.8, 4) is 0 Å². The molecule has 1 aromatic rings. The summed E-state index contributed by atoms with van der Waals surface area (Å²) in [5.41, 5.74) is 2.16. The van der Waals surface area contributed by atoms with Crippen molar-refractivity contribution in [2.75, 3.05) is 38.3 Å². The molecule has 1 fully saturated rings. The van der Waals surface area contributed by atoms with E-state index in [0.29, 0.717) is 18.2 Å². The summed E-state index contributed by atoms with van der Waals surface area (Å²) >= 11 is 6.14. The van der Waals surface area contributed by atoms with Gasteiger partial charge in [0, 0.05) is 44.0 Å². The Kier molecular flexibility index (Phi) is 5.85. The maximum atomic E-state index is 11.9. The Hall–Kier alpha value is -1.30. The molecule has 0 spiro atoms. The van der Waals surface area contributed by atoms with Gasteiger partial charge in [0.15, 0.2) is 0 Å². The van der Waals surface area contributed by atoms with Crippen LogP contribution in [0, 0.1) is 0 Å². The predicted octanol–water partition coefficient (Wildman–Crippen LogP) is 1.40. The highest BCUT2D eigenvalue weighted by molar-refractivity contribution is 6.30. The number of piperazine rings is 1. The number of halogens is 1. The van der Waals surface area contributed by atoms with Crippen LogP contribution in [0.1, 0.15) is 12.5 Å². The van der Waals surface area contributed by atoms with Gasteiger partial charge in [-0.15, -0.1) is 0 Å². The summed E-state index contributed by atoms with van der Waals surface area (Å²) < 4.78 is 5.03. The molecule has 21 heavy (non-hydrogen) atoms. The van der Waals surface area contributed by atoms with E-state index in [1.165, 1.54) is 0 Å². The molecule has 1 aliphatic rings. The minimum Gasteiger partial charge on any atom is -0.383 e. The van der Waals surface area contributed by atoms with Gasteiger partial charge in [-0.25, -0.2) is 0 Å². The third kappa shape index (κ3) is 4.09. The second kappa shape index (κ2) is 7.64. The summed E-state index contributed by atoms with van der Waals surface area (Å²) in [6, 6.07) is 5.64. The van der Waals surface area contributed by atoms with Crippen molar-refractivity contribution in [2.24, 2.45) is 0 Å². The zero-order valence-corrected chi connectivity index (χ0v) is 13.2. The number of benzene rings is 1. The van der Waals surface area contributed by atoms with Gasteiger partial charge in [-0.05, 0) is 24.6 Å². The molecule has 1 saturated heterocycles. The van der Waals surface area contributed by atoms with Crippen LogP contribution in [0.2, 0.25) is 5.02 Å². The van der Waals surface area contributed by atoms with Crippen LogP contribution in [-0.4, -0.2) is 45.3 Å². The van der Waals surface area contributed by atoms with Crippen molar-refractivity contribution in [1.82, 2.24) is 10.6 Å². The summed E-state index contributed by atoms with van der Waals surface area (Å²) in [5, 5.41) is 6.90. The van der Waals surface area contributed by atoms with Gasteiger partial charge in [0.25, 0.3) is 0 Å². The Labute approximate surface area is 130 Å². The number of anilines is 1. The molecular weight excluding hydrogens is 290 g/mol. The van der Waals surface area contributed by atoms with E-state index in [0.717, 1.165) is 30.9 Å². The van der Waals surface area contributed by atoms with E-state index in [-0.39, 0.29) is 11.9 Å². The number of hydrogen-bond donors (Lipinski definition) is 2. The van der Waals surface area contributed by atoms with Gasteiger partial charge in [-0.1, -0.05) is 17.7 Å². The van der Waals surface area contributed by atoms with E-state index >= 15 is 0 Å². The van der Waals surface area contributed by atoms with Crippen LogP contribution in [0.5, 0.6) is 0 Å². The number of nitrogens with zero attached hydrogens (tertiary/aromatic N) is 1. The molecule has 116 valence electrons. The lowest BCUT2D eigenvalue weighted by Crippen LogP contribution is -2.54. The molecule has 0 aliphatic carbocycles. The maximum absolute atomic E-state index is 11.9. The first-order valence-electron chi connectivity index (χ1n) is 7.16. The third-order valence-electron chi connectivity index (χ3n) is 3.65. The average Bonchev–Trinajstić information content (AvgIpc) is 2.48. The van der Waals surface area contributed by atoms with Gasteiger partial charge in [0.1, 0.15) is 6.04 Å². The van der Waals surface area contributed by atoms with Crippen LogP contribution < -0.4 is 15.5 Å². The Balaban J connectivity index is 2.16. The fourth-order valence-electron chi connectivity index (χ4n) is 2.46. The molecule has 1 aromatic carbocycles. The molecule has 1 amide bonds. The maximum Gasteiger partial charge on any atom is 0.242 e. The van der Waals surface area contributed by atoms with Crippen molar-refractivity contribution in [1.29, 1.82) is 0 Å². The quantitative estimate of drug-likeness (QED) is 0.780. The van der Waals surface area contributed by atoms with E-state index in [2.05, 4.69) is 15.5 Å². The second-order valence-corrected chi connectivity index (χ2v) is 5.54. The molecule has 0 bridgehead atoms. The van der Waals surface area contributed by atoms with Crippen LogP contribution in [0.4, 0.5) is 5.69 Å². The standard InChI is InChI=1S/C15H22ClN3O2/c1-11-15(20)18-5-7-19(11)14-9-13(16)4-3-12(14)10-17-6-8-21-2/h3-4,9,11,17H,5-8,10H2,1-2H3,(H,18,20). The number of rotatable bonds is 6. The van der Waals surface area contributed by atoms with Gasteiger partial charge >= 0.3 is 0 Å². The monoisotopic (exact) mass is 311 g/mol. The Morgan fingerprint density at radius 2 is 2.33 bits per heavy atom. The lowest BCUT2D eigenvalue weighted by atomic mass is 10.1. The number of carbonyl (C=O) groups is 1. The van der Waals surface area contributed by atoms with E-state index in [1.54, 1.807) is 7.11 Å². The molecule has 0 saturated carbocycles. The third-order valence-corrected chi connectivity index (χ3v) is 3.89. The average molecular weight is 312 g/mol. The first-order chi connectivity index (χ1) is 10.1. The highest BCUT2D eigenvalue weighted by Crippen LogP contribution is 2.27. The first-order valence-corrected chi connectivity index (χ1v) is 7.53. The van der Waals surface area contributed by atoms with E-state index in [1.807, 2.05) is 25.1 Å². The molecule has 2 rings (SSSR count). The van der Waals surface area contributed by atoms with Gasteiger partial charge in [0.05, 0.1) is 6.61 Å². The summed E-state index contributed by atoms with van der Waals surface area (Å²) in [6.07, 6.45) is 0. The topological polar surface area (TPSA) is 53.6 Å². The Morgan fingerprint density at radius 3 is 3.10 bits per heavy atom. The fourth-order valence-corrected chi connectivity index (χ4v) is 2.63. The van der Waals surface area contributed by atoms with E-state index < -0.39 is 0 Å². The minimum absolute atomic E-state index is 0.0551. The number of nitrogens with one attached hydrogen (secondary N) is 2. The van der Waals surface area contributed by atoms with Crippen molar-refractivity contribution >= 4 is 23.2 Å².